The Morgan fingerprint density at radius 2 is 2.00 bits per heavy atom. The number of hydrogen-bond acceptors (Lipinski definition) is 4. The van der Waals surface area contributed by atoms with E-state index in [1.54, 1.807) is 0 Å². The molecule has 9 heavy (non-hydrogen) atoms. The van der Waals surface area contributed by atoms with Gasteiger partial charge in [0.25, 0.3) is 0 Å². The van der Waals surface area contributed by atoms with Gasteiger partial charge in [0.1, 0.15) is 0 Å². The quantitative estimate of drug-likeness (QED) is 0.259. The molecular formula is C3H5NaO4S. The first-order valence-corrected chi connectivity index (χ1v) is 3.37. The topological polar surface area (TPSA) is 77.4 Å². The van der Waals surface area contributed by atoms with Crippen LogP contribution in [0.3, 0.4) is 0 Å². The molecule has 0 spiro atoms. The van der Waals surface area contributed by atoms with Crippen LogP contribution in [0.4, 0.5) is 0 Å². The SMILES string of the molecule is O=S(=O)([O-])CC=CO.[Na+]. The summed E-state index contributed by atoms with van der Waals surface area (Å²) in [5.41, 5.74) is 0. The largest absolute Gasteiger partial charge is 1.00 e. The van der Waals surface area contributed by atoms with Gasteiger partial charge in [-0.05, 0) is 6.08 Å². The third-order valence-electron chi connectivity index (χ3n) is 0.406. The van der Waals surface area contributed by atoms with E-state index in [9.17, 15) is 13.0 Å². The molecule has 0 aromatic carbocycles. The van der Waals surface area contributed by atoms with E-state index >= 15 is 0 Å². The van der Waals surface area contributed by atoms with Gasteiger partial charge in [-0.1, -0.05) is 0 Å². The molecule has 1 N–H and O–H groups in total. The number of aliphatic hydroxyl groups is 1. The van der Waals surface area contributed by atoms with Gasteiger partial charge < -0.3 is 9.66 Å². The first kappa shape index (κ1) is 12.2. The van der Waals surface area contributed by atoms with E-state index in [4.69, 9.17) is 5.11 Å². The maximum absolute atomic E-state index is 9.67. The summed E-state index contributed by atoms with van der Waals surface area (Å²) < 4.78 is 29.0. The summed E-state index contributed by atoms with van der Waals surface area (Å²) in [6, 6.07) is 0. The van der Waals surface area contributed by atoms with Gasteiger partial charge in [0.2, 0.25) is 0 Å². The van der Waals surface area contributed by atoms with E-state index < -0.39 is 15.9 Å². The second-order valence-electron chi connectivity index (χ2n) is 1.11. The van der Waals surface area contributed by atoms with Crippen LogP contribution in [-0.2, 0) is 10.1 Å². The van der Waals surface area contributed by atoms with Gasteiger partial charge in [0.05, 0.1) is 22.1 Å². The van der Waals surface area contributed by atoms with Crippen LogP contribution in [0.5, 0.6) is 0 Å². The Kier molecular flexibility index (Phi) is 7.09. The van der Waals surface area contributed by atoms with Crippen molar-refractivity contribution in [2.75, 3.05) is 5.75 Å². The fourth-order valence-electron chi connectivity index (χ4n) is 0.161. The van der Waals surface area contributed by atoms with Crippen molar-refractivity contribution in [3.8, 4) is 0 Å². The van der Waals surface area contributed by atoms with Crippen LogP contribution in [0.25, 0.3) is 0 Å². The third-order valence-corrected chi connectivity index (χ3v) is 1.01. The van der Waals surface area contributed by atoms with Crippen LogP contribution < -0.4 is 29.6 Å². The Morgan fingerprint density at radius 1 is 1.56 bits per heavy atom. The molecule has 0 fully saturated rings. The molecule has 48 valence electrons. The number of rotatable bonds is 2. The average Bonchev–Trinajstić information content (AvgIpc) is 1.59. The van der Waals surface area contributed by atoms with Crippen molar-refractivity contribution >= 4 is 10.1 Å². The van der Waals surface area contributed by atoms with Gasteiger partial charge in [-0.2, -0.15) is 0 Å². The fraction of sp³-hybridized carbons (Fsp3) is 0.333. The van der Waals surface area contributed by atoms with E-state index in [0.717, 1.165) is 6.08 Å². The Labute approximate surface area is 75.6 Å². The molecule has 0 saturated heterocycles. The molecule has 6 heteroatoms. The molecule has 0 unspecified atom stereocenters. The van der Waals surface area contributed by atoms with E-state index in [2.05, 4.69) is 0 Å². The molecule has 0 aliphatic rings. The predicted molar refractivity (Wildman–Crippen MR) is 26.3 cm³/mol. The molecule has 4 nitrogen and oxygen atoms in total. The fourth-order valence-corrected chi connectivity index (χ4v) is 0.483. The van der Waals surface area contributed by atoms with E-state index in [1.165, 1.54) is 0 Å². The average molecular weight is 160 g/mol. The third kappa shape index (κ3) is 11.8. The van der Waals surface area contributed by atoms with Crippen molar-refractivity contribution in [1.29, 1.82) is 0 Å². The summed E-state index contributed by atoms with van der Waals surface area (Å²) in [4.78, 5) is 0. The summed E-state index contributed by atoms with van der Waals surface area (Å²) in [5, 5.41) is 7.85. The van der Waals surface area contributed by atoms with Crippen molar-refractivity contribution in [1.82, 2.24) is 0 Å². The van der Waals surface area contributed by atoms with Crippen molar-refractivity contribution in [2.45, 2.75) is 0 Å². The predicted octanol–water partition coefficient (Wildman–Crippen LogP) is -3.39. The minimum atomic E-state index is -4.18. The molecule has 0 aliphatic heterocycles. The zero-order chi connectivity index (χ0) is 6.62. The monoisotopic (exact) mass is 160 g/mol. The van der Waals surface area contributed by atoms with E-state index in [0.29, 0.717) is 6.26 Å². The standard InChI is InChI=1S/C3H6O4S.Na/c4-2-1-3-8(5,6)7;/h1-2,4H,3H2,(H,5,6,7);/q;+1/p-1. The molecular weight excluding hydrogens is 155 g/mol. The van der Waals surface area contributed by atoms with Crippen molar-refractivity contribution in [2.24, 2.45) is 0 Å². The molecule has 0 heterocycles. The van der Waals surface area contributed by atoms with Crippen LogP contribution in [0.15, 0.2) is 12.3 Å². The van der Waals surface area contributed by atoms with Gasteiger partial charge >= 0.3 is 29.6 Å². The Morgan fingerprint density at radius 3 is 2.11 bits per heavy atom. The van der Waals surface area contributed by atoms with Crippen molar-refractivity contribution < 1.29 is 47.6 Å². The first-order chi connectivity index (χ1) is 3.56. The molecule has 0 aromatic rings. The Bertz CT molecular complexity index is 170. The molecule has 0 rings (SSSR count). The minimum absolute atomic E-state index is 0. The van der Waals surface area contributed by atoms with Gasteiger partial charge in [0.15, 0.2) is 0 Å². The zero-order valence-electron chi connectivity index (χ0n) is 4.94. The summed E-state index contributed by atoms with van der Waals surface area (Å²) in [6.07, 6.45) is 1.39. The van der Waals surface area contributed by atoms with Crippen LogP contribution in [0.1, 0.15) is 0 Å². The van der Waals surface area contributed by atoms with Gasteiger partial charge in [-0.25, -0.2) is 8.42 Å². The molecule has 0 saturated carbocycles. The summed E-state index contributed by atoms with van der Waals surface area (Å²) in [5.74, 6) is -0.649. The molecule has 0 radical (unpaired) electrons. The van der Waals surface area contributed by atoms with Crippen LogP contribution in [-0.4, -0.2) is 23.8 Å². The van der Waals surface area contributed by atoms with Crippen molar-refractivity contribution in [3.63, 3.8) is 0 Å². The van der Waals surface area contributed by atoms with Crippen molar-refractivity contribution in [3.05, 3.63) is 12.3 Å². The molecule has 0 atom stereocenters. The van der Waals surface area contributed by atoms with E-state index in [-0.39, 0.29) is 29.6 Å². The van der Waals surface area contributed by atoms with E-state index in [1.807, 2.05) is 0 Å². The molecule has 0 aliphatic carbocycles. The van der Waals surface area contributed by atoms with Gasteiger partial charge in [-0.3, -0.25) is 0 Å². The smallest absolute Gasteiger partial charge is 0.748 e. The summed E-state index contributed by atoms with van der Waals surface area (Å²) in [6.45, 7) is 0. The Balaban J connectivity index is 0. The first-order valence-electron chi connectivity index (χ1n) is 1.79. The Hall–Kier alpha value is 0.450. The van der Waals surface area contributed by atoms with Gasteiger partial charge in [-0.15, -0.1) is 0 Å². The maximum Gasteiger partial charge on any atom is 1.00 e. The normalized spacial score (nSPS) is 11.2. The summed E-state index contributed by atoms with van der Waals surface area (Å²) in [7, 11) is -4.18. The molecule has 0 amide bonds. The molecule has 0 bridgehead atoms. The molecule has 0 aromatic heterocycles. The second-order valence-corrected chi connectivity index (χ2v) is 2.56. The van der Waals surface area contributed by atoms with Crippen LogP contribution in [0.2, 0.25) is 0 Å². The second kappa shape index (κ2) is 5.25. The maximum atomic E-state index is 9.67. The number of hydrogen-bond donors (Lipinski definition) is 1. The van der Waals surface area contributed by atoms with Crippen LogP contribution >= 0.6 is 0 Å². The number of aliphatic hydroxyl groups excluding tert-OH is 1. The van der Waals surface area contributed by atoms with Gasteiger partial charge in [0, 0.05) is 0 Å². The minimum Gasteiger partial charge on any atom is -0.748 e. The summed E-state index contributed by atoms with van der Waals surface area (Å²) >= 11 is 0. The van der Waals surface area contributed by atoms with Crippen LogP contribution in [0, 0.1) is 0 Å². The zero-order valence-corrected chi connectivity index (χ0v) is 7.76.